The SMILES string of the molecule is CC(C(=O)O)N(Cc1ccc(OCc2ccccc2)cc1)C1CC1. The summed E-state index contributed by atoms with van der Waals surface area (Å²) in [4.78, 5) is 13.3. The zero-order valence-electron chi connectivity index (χ0n) is 13.9. The number of carboxylic acid groups (broad SMARTS) is 1. The van der Waals surface area contributed by atoms with Crippen molar-refractivity contribution in [1.82, 2.24) is 4.90 Å². The third-order valence-corrected chi connectivity index (χ3v) is 4.41. The fourth-order valence-corrected chi connectivity index (χ4v) is 2.77. The van der Waals surface area contributed by atoms with E-state index in [9.17, 15) is 9.90 Å². The Morgan fingerprint density at radius 3 is 2.38 bits per heavy atom. The molecule has 1 saturated carbocycles. The summed E-state index contributed by atoms with van der Waals surface area (Å²) in [7, 11) is 0. The molecule has 0 spiro atoms. The minimum atomic E-state index is -0.760. The van der Waals surface area contributed by atoms with Gasteiger partial charge in [0.05, 0.1) is 0 Å². The minimum absolute atomic E-state index is 0.408. The Kier molecular flexibility index (Phi) is 5.16. The van der Waals surface area contributed by atoms with Crippen LogP contribution in [0, 0.1) is 0 Å². The molecule has 1 fully saturated rings. The second-order valence-corrected chi connectivity index (χ2v) is 6.34. The summed E-state index contributed by atoms with van der Waals surface area (Å²) in [5, 5.41) is 9.27. The molecule has 0 bridgehead atoms. The van der Waals surface area contributed by atoms with Crippen LogP contribution >= 0.6 is 0 Å². The molecule has 1 N–H and O–H groups in total. The molecule has 0 heterocycles. The van der Waals surface area contributed by atoms with Crippen molar-refractivity contribution in [3.8, 4) is 5.75 Å². The molecule has 3 rings (SSSR count). The third-order valence-electron chi connectivity index (χ3n) is 4.41. The molecular weight excluding hydrogens is 302 g/mol. The van der Waals surface area contributed by atoms with Crippen LogP contribution in [0.3, 0.4) is 0 Å². The summed E-state index contributed by atoms with van der Waals surface area (Å²) in [6, 6.07) is 18.0. The molecule has 1 aliphatic rings. The Balaban J connectivity index is 1.58. The zero-order valence-corrected chi connectivity index (χ0v) is 13.9. The van der Waals surface area contributed by atoms with Gasteiger partial charge in [0.2, 0.25) is 0 Å². The molecule has 0 aromatic heterocycles. The topological polar surface area (TPSA) is 49.8 Å². The van der Waals surface area contributed by atoms with E-state index >= 15 is 0 Å². The highest BCUT2D eigenvalue weighted by Crippen LogP contribution is 2.30. The van der Waals surface area contributed by atoms with Gasteiger partial charge in [-0.25, -0.2) is 0 Å². The van der Waals surface area contributed by atoms with Gasteiger partial charge in [-0.3, -0.25) is 9.69 Å². The predicted molar refractivity (Wildman–Crippen MR) is 92.9 cm³/mol. The lowest BCUT2D eigenvalue weighted by molar-refractivity contribution is -0.143. The van der Waals surface area contributed by atoms with Crippen molar-refractivity contribution in [2.75, 3.05) is 0 Å². The average Bonchev–Trinajstić information content (AvgIpc) is 3.44. The van der Waals surface area contributed by atoms with Crippen LogP contribution in [0.5, 0.6) is 5.75 Å². The number of benzene rings is 2. The second kappa shape index (κ2) is 7.49. The Bertz CT molecular complexity index is 665. The highest BCUT2D eigenvalue weighted by molar-refractivity contribution is 5.73. The Morgan fingerprint density at radius 2 is 1.79 bits per heavy atom. The number of hydrogen-bond acceptors (Lipinski definition) is 3. The van der Waals surface area contributed by atoms with Crippen LogP contribution in [0.4, 0.5) is 0 Å². The van der Waals surface area contributed by atoms with E-state index in [4.69, 9.17) is 4.74 Å². The fraction of sp³-hybridized carbons (Fsp3) is 0.350. The van der Waals surface area contributed by atoms with Gasteiger partial charge in [0.1, 0.15) is 18.4 Å². The summed E-state index contributed by atoms with van der Waals surface area (Å²) < 4.78 is 5.79. The monoisotopic (exact) mass is 325 g/mol. The standard InChI is InChI=1S/C20H23NO3/c1-15(20(22)23)21(18-9-10-18)13-16-7-11-19(12-8-16)24-14-17-5-3-2-4-6-17/h2-8,11-12,15,18H,9-10,13-14H2,1H3,(H,22,23). The van der Waals surface area contributed by atoms with Gasteiger partial charge in [-0.2, -0.15) is 0 Å². The van der Waals surface area contributed by atoms with Gasteiger partial charge >= 0.3 is 5.97 Å². The van der Waals surface area contributed by atoms with Gasteiger partial charge < -0.3 is 9.84 Å². The van der Waals surface area contributed by atoms with Crippen molar-refractivity contribution in [2.24, 2.45) is 0 Å². The molecule has 0 amide bonds. The van der Waals surface area contributed by atoms with Crippen LogP contribution < -0.4 is 4.74 Å². The summed E-state index contributed by atoms with van der Waals surface area (Å²) in [5.41, 5.74) is 2.25. The van der Waals surface area contributed by atoms with E-state index in [-0.39, 0.29) is 0 Å². The van der Waals surface area contributed by atoms with Crippen molar-refractivity contribution >= 4 is 5.97 Å². The van der Waals surface area contributed by atoms with Crippen LogP contribution in [0.2, 0.25) is 0 Å². The van der Waals surface area contributed by atoms with Crippen LogP contribution in [0.25, 0.3) is 0 Å². The van der Waals surface area contributed by atoms with Gasteiger partial charge in [-0.15, -0.1) is 0 Å². The molecule has 1 unspecified atom stereocenters. The maximum Gasteiger partial charge on any atom is 0.320 e. The maximum atomic E-state index is 11.3. The van der Waals surface area contributed by atoms with Crippen molar-refractivity contribution in [3.63, 3.8) is 0 Å². The molecule has 0 saturated heterocycles. The smallest absolute Gasteiger partial charge is 0.320 e. The number of ether oxygens (including phenoxy) is 1. The normalized spacial score (nSPS) is 15.2. The van der Waals surface area contributed by atoms with E-state index in [1.807, 2.05) is 54.6 Å². The molecule has 0 aliphatic heterocycles. The number of carbonyl (C=O) groups is 1. The molecule has 2 aromatic carbocycles. The first-order chi connectivity index (χ1) is 11.6. The molecule has 24 heavy (non-hydrogen) atoms. The number of carboxylic acids is 1. The quantitative estimate of drug-likeness (QED) is 0.804. The van der Waals surface area contributed by atoms with Gasteiger partial charge in [0, 0.05) is 12.6 Å². The third kappa shape index (κ3) is 4.36. The van der Waals surface area contributed by atoms with E-state index in [2.05, 4.69) is 4.90 Å². The zero-order chi connectivity index (χ0) is 16.9. The maximum absolute atomic E-state index is 11.3. The number of nitrogens with zero attached hydrogens (tertiary/aromatic N) is 1. The molecular formula is C20H23NO3. The molecule has 126 valence electrons. The molecule has 4 heteroatoms. The first kappa shape index (κ1) is 16.5. The van der Waals surface area contributed by atoms with Gasteiger partial charge in [-0.05, 0) is 43.0 Å². The van der Waals surface area contributed by atoms with E-state index in [1.54, 1.807) is 6.92 Å². The number of rotatable bonds is 8. The molecule has 2 aromatic rings. The Morgan fingerprint density at radius 1 is 1.12 bits per heavy atom. The van der Waals surface area contributed by atoms with Crippen LogP contribution in [0.15, 0.2) is 54.6 Å². The van der Waals surface area contributed by atoms with Gasteiger partial charge in [-0.1, -0.05) is 42.5 Å². The summed E-state index contributed by atoms with van der Waals surface area (Å²) in [5.74, 6) is 0.0663. The largest absolute Gasteiger partial charge is 0.489 e. The first-order valence-electron chi connectivity index (χ1n) is 8.37. The summed E-state index contributed by atoms with van der Waals surface area (Å²) in [6.45, 7) is 2.97. The Labute approximate surface area is 142 Å². The van der Waals surface area contributed by atoms with Crippen molar-refractivity contribution in [3.05, 3.63) is 65.7 Å². The molecule has 1 atom stereocenters. The number of aliphatic carboxylic acids is 1. The second-order valence-electron chi connectivity index (χ2n) is 6.34. The van der Waals surface area contributed by atoms with E-state index in [0.717, 1.165) is 29.7 Å². The lowest BCUT2D eigenvalue weighted by atomic mass is 10.1. The van der Waals surface area contributed by atoms with E-state index < -0.39 is 12.0 Å². The minimum Gasteiger partial charge on any atom is -0.489 e. The fourth-order valence-electron chi connectivity index (χ4n) is 2.77. The van der Waals surface area contributed by atoms with Crippen molar-refractivity contribution in [2.45, 2.75) is 45.0 Å². The Hall–Kier alpha value is -2.33. The van der Waals surface area contributed by atoms with Crippen molar-refractivity contribution in [1.29, 1.82) is 0 Å². The molecule has 4 nitrogen and oxygen atoms in total. The van der Waals surface area contributed by atoms with Crippen LogP contribution in [-0.2, 0) is 17.9 Å². The van der Waals surface area contributed by atoms with Crippen LogP contribution in [0.1, 0.15) is 30.9 Å². The van der Waals surface area contributed by atoms with Crippen molar-refractivity contribution < 1.29 is 14.6 Å². The van der Waals surface area contributed by atoms with E-state index in [0.29, 0.717) is 19.2 Å². The molecule has 0 radical (unpaired) electrons. The van der Waals surface area contributed by atoms with Gasteiger partial charge in [0.15, 0.2) is 0 Å². The highest BCUT2D eigenvalue weighted by atomic mass is 16.5. The lowest BCUT2D eigenvalue weighted by Crippen LogP contribution is -2.39. The average molecular weight is 325 g/mol. The lowest BCUT2D eigenvalue weighted by Gasteiger charge is -2.26. The van der Waals surface area contributed by atoms with E-state index in [1.165, 1.54) is 0 Å². The van der Waals surface area contributed by atoms with Gasteiger partial charge in [0.25, 0.3) is 0 Å². The number of hydrogen-bond donors (Lipinski definition) is 1. The van der Waals surface area contributed by atoms with Crippen LogP contribution in [-0.4, -0.2) is 28.1 Å². The molecule has 1 aliphatic carbocycles. The first-order valence-corrected chi connectivity index (χ1v) is 8.37. The summed E-state index contributed by atoms with van der Waals surface area (Å²) >= 11 is 0. The predicted octanol–water partition coefficient (Wildman–Crippen LogP) is 3.70. The highest BCUT2D eigenvalue weighted by Gasteiger charge is 2.34. The summed E-state index contributed by atoms with van der Waals surface area (Å²) in [6.07, 6.45) is 2.19.